The summed E-state index contributed by atoms with van der Waals surface area (Å²) in [7, 11) is 4.67. The molecule has 5 aromatic rings. The number of aromatic nitrogens is 3. The molecule has 1 amide bonds. The van der Waals surface area contributed by atoms with Crippen LogP contribution in [0.3, 0.4) is 0 Å². The molecule has 8 nitrogen and oxygen atoms in total. The van der Waals surface area contributed by atoms with Gasteiger partial charge in [-0.3, -0.25) is 4.79 Å². The summed E-state index contributed by atoms with van der Waals surface area (Å²) in [6.45, 7) is 0. The molecule has 0 unspecified atom stereocenters. The summed E-state index contributed by atoms with van der Waals surface area (Å²) in [6.07, 6.45) is 0. The van der Waals surface area contributed by atoms with Crippen LogP contribution < -0.4 is 19.5 Å². The second-order valence-electron chi connectivity index (χ2n) is 7.81. The van der Waals surface area contributed by atoms with Crippen LogP contribution in [-0.4, -0.2) is 41.8 Å². The quantitative estimate of drug-likeness (QED) is 0.308. The number of para-hydroxylation sites is 1. The summed E-state index contributed by atoms with van der Waals surface area (Å²) in [5.74, 6) is 1.25. The Bertz CT molecular complexity index is 1510. The molecule has 0 atom stereocenters. The van der Waals surface area contributed by atoms with E-state index in [9.17, 15) is 4.79 Å². The number of nitrogens with zero attached hydrogens (tertiary/aromatic N) is 3. The lowest BCUT2D eigenvalue weighted by Gasteiger charge is -2.15. The van der Waals surface area contributed by atoms with Crippen molar-refractivity contribution in [3.05, 3.63) is 77.7 Å². The number of amides is 1. The highest BCUT2D eigenvalue weighted by molar-refractivity contribution is 7.03. The van der Waals surface area contributed by atoms with Crippen molar-refractivity contribution in [2.24, 2.45) is 0 Å². The van der Waals surface area contributed by atoms with Gasteiger partial charge in [0.2, 0.25) is 5.75 Å². The zero-order valence-electron chi connectivity index (χ0n) is 19.8. The minimum Gasteiger partial charge on any atom is -0.493 e. The fourth-order valence-corrected chi connectivity index (χ4v) is 4.42. The van der Waals surface area contributed by atoms with Crippen molar-refractivity contribution in [3.63, 3.8) is 0 Å². The molecule has 2 aromatic heterocycles. The Balaban J connectivity index is 1.54. The highest BCUT2D eigenvalue weighted by atomic mass is 32.1. The smallest absolute Gasteiger partial charge is 0.256 e. The Hall–Kier alpha value is -4.50. The molecule has 36 heavy (non-hydrogen) atoms. The zero-order valence-corrected chi connectivity index (χ0v) is 20.6. The van der Waals surface area contributed by atoms with Crippen molar-refractivity contribution < 1.29 is 19.0 Å². The van der Waals surface area contributed by atoms with Gasteiger partial charge >= 0.3 is 0 Å². The van der Waals surface area contributed by atoms with Gasteiger partial charge in [0, 0.05) is 27.6 Å². The molecule has 0 spiro atoms. The molecule has 180 valence electrons. The van der Waals surface area contributed by atoms with Crippen LogP contribution in [0.1, 0.15) is 10.4 Å². The number of anilines is 1. The summed E-state index contributed by atoms with van der Waals surface area (Å²) < 4.78 is 20.3. The van der Waals surface area contributed by atoms with E-state index >= 15 is 0 Å². The summed E-state index contributed by atoms with van der Waals surface area (Å²) in [6, 6.07) is 20.4. The predicted molar refractivity (Wildman–Crippen MR) is 140 cm³/mol. The summed E-state index contributed by atoms with van der Waals surface area (Å²) in [5, 5.41) is 9.70. The van der Waals surface area contributed by atoms with Crippen molar-refractivity contribution in [1.29, 1.82) is 0 Å². The van der Waals surface area contributed by atoms with E-state index < -0.39 is 0 Å². The third-order valence-corrected chi connectivity index (χ3v) is 6.22. The minimum absolute atomic E-state index is 0.245. The minimum atomic E-state index is -0.245. The monoisotopic (exact) mass is 498 g/mol. The van der Waals surface area contributed by atoms with Gasteiger partial charge in [-0.25, -0.2) is 4.98 Å². The number of nitrogens with one attached hydrogen (secondary N) is 1. The molecule has 5 rings (SSSR count). The Morgan fingerprint density at radius 1 is 0.833 bits per heavy atom. The van der Waals surface area contributed by atoms with Gasteiger partial charge in [0.1, 0.15) is 5.69 Å². The van der Waals surface area contributed by atoms with Gasteiger partial charge < -0.3 is 19.5 Å². The maximum absolute atomic E-state index is 13.4. The normalized spacial score (nSPS) is 10.8. The lowest BCUT2D eigenvalue weighted by Crippen LogP contribution is -2.13. The average molecular weight is 499 g/mol. The van der Waals surface area contributed by atoms with Crippen LogP contribution in [-0.2, 0) is 0 Å². The third kappa shape index (κ3) is 4.44. The molecular weight excluding hydrogens is 476 g/mol. The van der Waals surface area contributed by atoms with Crippen LogP contribution in [0, 0.1) is 0 Å². The first-order valence-electron chi connectivity index (χ1n) is 11.0. The van der Waals surface area contributed by atoms with Gasteiger partial charge in [0.05, 0.1) is 38.1 Å². The third-order valence-electron chi connectivity index (χ3n) is 5.72. The predicted octanol–water partition coefficient (Wildman–Crippen LogP) is 5.70. The van der Waals surface area contributed by atoms with Crippen molar-refractivity contribution >= 4 is 34.0 Å². The van der Waals surface area contributed by atoms with E-state index in [1.807, 2.05) is 66.0 Å². The first-order chi connectivity index (χ1) is 17.6. The molecule has 0 fully saturated rings. The van der Waals surface area contributed by atoms with Crippen LogP contribution in [0.15, 0.2) is 72.1 Å². The lowest BCUT2D eigenvalue weighted by molar-refractivity contribution is 0.102. The summed E-state index contributed by atoms with van der Waals surface area (Å²) in [4.78, 5) is 18.2. The number of rotatable bonds is 7. The zero-order chi connectivity index (χ0) is 25.1. The van der Waals surface area contributed by atoms with Crippen LogP contribution >= 0.6 is 11.5 Å². The maximum atomic E-state index is 13.4. The lowest BCUT2D eigenvalue weighted by atomic mass is 10.0. The summed E-state index contributed by atoms with van der Waals surface area (Å²) in [5.41, 5.74) is 4.92. The van der Waals surface area contributed by atoms with Crippen LogP contribution in [0.5, 0.6) is 17.2 Å². The number of pyridine rings is 1. The van der Waals surface area contributed by atoms with Crippen molar-refractivity contribution in [2.45, 2.75) is 0 Å². The number of methoxy groups -OCH3 is 3. The first kappa shape index (κ1) is 23.3. The Morgan fingerprint density at radius 3 is 2.19 bits per heavy atom. The second-order valence-corrected chi connectivity index (χ2v) is 8.42. The number of hydrogen-bond acceptors (Lipinski definition) is 8. The van der Waals surface area contributed by atoms with Gasteiger partial charge in [0.25, 0.3) is 5.91 Å². The van der Waals surface area contributed by atoms with Crippen molar-refractivity contribution in [2.75, 3.05) is 26.6 Å². The molecule has 0 saturated carbocycles. The number of benzene rings is 3. The summed E-state index contributed by atoms with van der Waals surface area (Å²) >= 11 is 1.29. The number of ether oxygens (including phenoxy) is 3. The van der Waals surface area contributed by atoms with Gasteiger partial charge in [-0.2, -0.15) is 0 Å². The van der Waals surface area contributed by atoms with Gasteiger partial charge in [-0.1, -0.05) is 34.8 Å². The Kier molecular flexibility index (Phi) is 6.46. The van der Waals surface area contributed by atoms with Crippen molar-refractivity contribution in [1.82, 2.24) is 14.6 Å². The van der Waals surface area contributed by atoms with Crippen LogP contribution in [0.4, 0.5) is 5.69 Å². The Labute approximate surface area is 211 Å². The first-order valence-corrected chi connectivity index (χ1v) is 11.8. The molecule has 0 aliphatic carbocycles. The molecule has 9 heteroatoms. The standard InChI is InChI=1S/C27H22N4O4S/c1-33-24-12-17(13-25(34-2)26(24)35-3)22-14-20(19-6-4-5-7-21(19)29-22)27(32)28-18-10-8-16(9-11-18)23-15-36-31-30-23/h4-15H,1-3H3,(H,28,32). The van der Waals surface area contributed by atoms with Crippen LogP contribution in [0.25, 0.3) is 33.4 Å². The van der Waals surface area contributed by atoms with Gasteiger partial charge in [0.15, 0.2) is 11.5 Å². The SMILES string of the molecule is COc1cc(-c2cc(C(=O)Nc3ccc(-c4csnn4)cc3)c3ccccc3n2)cc(OC)c1OC. The molecule has 0 radical (unpaired) electrons. The second kappa shape index (κ2) is 10.0. The molecule has 2 heterocycles. The molecular formula is C27H22N4O4S. The van der Waals surface area contributed by atoms with E-state index in [1.54, 1.807) is 27.4 Å². The highest BCUT2D eigenvalue weighted by Crippen LogP contribution is 2.41. The van der Waals surface area contributed by atoms with Gasteiger partial charge in [-0.05, 0) is 47.9 Å². The molecule has 3 aromatic carbocycles. The van der Waals surface area contributed by atoms with E-state index in [1.165, 1.54) is 11.5 Å². The van der Waals surface area contributed by atoms with E-state index in [-0.39, 0.29) is 5.91 Å². The van der Waals surface area contributed by atoms with Crippen molar-refractivity contribution in [3.8, 4) is 39.8 Å². The number of carbonyl (C=O) groups is 1. The molecule has 0 bridgehead atoms. The molecule has 0 saturated heterocycles. The van der Waals surface area contributed by atoms with Gasteiger partial charge in [-0.15, -0.1) is 5.10 Å². The molecule has 0 aliphatic rings. The van der Waals surface area contributed by atoms with E-state index in [2.05, 4.69) is 14.9 Å². The Morgan fingerprint density at radius 2 is 1.56 bits per heavy atom. The van der Waals surface area contributed by atoms with E-state index in [0.717, 1.165) is 22.2 Å². The molecule has 1 N–H and O–H groups in total. The highest BCUT2D eigenvalue weighted by Gasteiger charge is 2.18. The number of fused-ring (bicyclic) bond motifs is 1. The fourth-order valence-electron chi connectivity index (χ4n) is 3.95. The average Bonchev–Trinajstić information content (AvgIpc) is 3.47. The fraction of sp³-hybridized carbons (Fsp3) is 0.111. The largest absolute Gasteiger partial charge is 0.493 e. The molecule has 0 aliphatic heterocycles. The number of carbonyl (C=O) groups excluding carboxylic acids is 1. The number of hydrogen-bond donors (Lipinski definition) is 1. The maximum Gasteiger partial charge on any atom is 0.256 e. The van der Waals surface area contributed by atoms with Crippen LogP contribution in [0.2, 0.25) is 0 Å². The topological polar surface area (TPSA) is 95.5 Å². The van der Waals surface area contributed by atoms with E-state index in [0.29, 0.717) is 39.7 Å². The van der Waals surface area contributed by atoms with E-state index in [4.69, 9.17) is 19.2 Å².